The molecule has 0 fully saturated rings. The Kier molecular flexibility index (Phi) is 3.56. The normalized spacial score (nSPS) is 10.8. The van der Waals surface area contributed by atoms with Crippen LogP contribution in [0.15, 0.2) is 28.3 Å². The molecule has 15 heavy (non-hydrogen) atoms. The first-order valence-electron chi connectivity index (χ1n) is 4.67. The second-order valence-electron chi connectivity index (χ2n) is 3.23. The second-order valence-corrected chi connectivity index (χ2v) is 5.14. The van der Waals surface area contributed by atoms with Crippen molar-refractivity contribution < 1.29 is 0 Å². The van der Waals surface area contributed by atoms with Gasteiger partial charge in [0, 0.05) is 27.1 Å². The Hall–Kier alpha value is -0.650. The number of imidazole rings is 1. The van der Waals surface area contributed by atoms with Crippen molar-refractivity contribution in [2.24, 2.45) is 0 Å². The fourth-order valence-electron chi connectivity index (χ4n) is 1.41. The highest BCUT2D eigenvalue weighted by atomic mass is 79.9. The zero-order valence-corrected chi connectivity index (χ0v) is 10.8. The molecule has 2 rings (SSSR count). The van der Waals surface area contributed by atoms with Crippen molar-refractivity contribution in [1.29, 1.82) is 0 Å². The average molecular weight is 286 g/mol. The Morgan fingerprint density at radius 2 is 2.47 bits per heavy atom. The Morgan fingerprint density at radius 3 is 3.13 bits per heavy atom. The molecule has 0 aromatic carbocycles. The van der Waals surface area contributed by atoms with Gasteiger partial charge in [0.15, 0.2) is 0 Å². The van der Waals surface area contributed by atoms with E-state index in [0.717, 1.165) is 23.4 Å². The zero-order valence-electron chi connectivity index (χ0n) is 8.40. The lowest BCUT2D eigenvalue weighted by molar-refractivity contribution is 0.677. The summed E-state index contributed by atoms with van der Waals surface area (Å²) in [5.41, 5.74) is 0. The SMILES string of the molecule is CNCc1nccn1Cc1cc(Br)cs1. The van der Waals surface area contributed by atoms with E-state index in [2.05, 4.69) is 42.2 Å². The van der Waals surface area contributed by atoms with E-state index in [-0.39, 0.29) is 0 Å². The number of nitrogens with one attached hydrogen (secondary N) is 1. The smallest absolute Gasteiger partial charge is 0.122 e. The Labute approximate surface area is 101 Å². The molecule has 0 atom stereocenters. The van der Waals surface area contributed by atoms with Crippen LogP contribution in [0.5, 0.6) is 0 Å². The topological polar surface area (TPSA) is 29.9 Å². The van der Waals surface area contributed by atoms with Gasteiger partial charge in [0.2, 0.25) is 0 Å². The fourth-order valence-corrected chi connectivity index (χ4v) is 2.86. The van der Waals surface area contributed by atoms with Gasteiger partial charge in [-0.25, -0.2) is 4.98 Å². The monoisotopic (exact) mass is 285 g/mol. The number of hydrogen-bond donors (Lipinski definition) is 1. The molecule has 0 spiro atoms. The summed E-state index contributed by atoms with van der Waals surface area (Å²) >= 11 is 5.22. The minimum Gasteiger partial charge on any atom is -0.329 e. The molecule has 0 bridgehead atoms. The predicted octanol–water partition coefficient (Wildman–Crippen LogP) is 2.47. The number of nitrogens with zero attached hydrogens (tertiary/aromatic N) is 2. The maximum atomic E-state index is 4.30. The largest absolute Gasteiger partial charge is 0.329 e. The van der Waals surface area contributed by atoms with Gasteiger partial charge in [-0.15, -0.1) is 11.3 Å². The third-order valence-electron chi connectivity index (χ3n) is 2.08. The van der Waals surface area contributed by atoms with Crippen molar-refractivity contribution in [3.05, 3.63) is 39.0 Å². The molecule has 0 saturated carbocycles. The number of thiophene rings is 1. The van der Waals surface area contributed by atoms with Crippen LogP contribution < -0.4 is 5.32 Å². The van der Waals surface area contributed by atoms with E-state index in [0.29, 0.717) is 0 Å². The van der Waals surface area contributed by atoms with Gasteiger partial charge < -0.3 is 9.88 Å². The van der Waals surface area contributed by atoms with Crippen LogP contribution >= 0.6 is 27.3 Å². The highest BCUT2D eigenvalue weighted by molar-refractivity contribution is 9.10. The molecule has 0 aliphatic carbocycles. The lowest BCUT2D eigenvalue weighted by atomic mass is 10.4. The highest BCUT2D eigenvalue weighted by Gasteiger charge is 2.03. The molecule has 0 saturated heterocycles. The van der Waals surface area contributed by atoms with Crippen molar-refractivity contribution >= 4 is 27.3 Å². The minimum atomic E-state index is 0.805. The summed E-state index contributed by atoms with van der Waals surface area (Å²) in [5, 5.41) is 5.21. The number of aromatic nitrogens is 2. The average Bonchev–Trinajstić information content (AvgIpc) is 2.78. The van der Waals surface area contributed by atoms with Gasteiger partial charge in [0.1, 0.15) is 5.82 Å². The molecule has 0 aliphatic rings. The first-order valence-corrected chi connectivity index (χ1v) is 6.34. The fraction of sp³-hybridized carbons (Fsp3) is 0.300. The Bertz CT molecular complexity index is 435. The molecular formula is C10H12BrN3S. The molecular weight excluding hydrogens is 274 g/mol. The molecule has 0 radical (unpaired) electrons. The quantitative estimate of drug-likeness (QED) is 0.935. The van der Waals surface area contributed by atoms with Crippen molar-refractivity contribution in [2.45, 2.75) is 13.1 Å². The van der Waals surface area contributed by atoms with Gasteiger partial charge in [-0.1, -0.05) is 0 Å². The van der Waals surface area contributed by atoms with Crippen LogP contribution in [0.25, 0.3) is 0 Å². The van der Waals surface area contributed by atoms with E-state index < -0.39 is 0 Å². The summed E-state index contributed by atoms with van der Waals surface area (Å²) in [4.78, 5) is 5.63. The van der Waals surface area contributed by atoms with Crippen LogP contribution in [-0.4, -0.2) is 16.6 Å². The lowest BCUT2D eigenvalue weighted by Crippen LogP contribution is -2.12. The summed E-state index contributed by atoms with van der Waals surface area (Å²) in [6.07, 6.45) is 3.86. The maximum absolute atomic E-state index is 4.30. The third kappa shape index (κ3) is 2.68. The second kappa shape index (κ2) is 4.92. The summed E-state index contributed by atoms with van der Waals surface area (Å²) in [6.45, 7) is 1.70. The van der Waals surface area contributed by atoms with Gasteiger partial charge in [-0.2, -0.15) is 0 Å². The zero-order chi connectivity index (χ0) is 10.7. The van der Waals surface area contributed by atoms with E-state index in [1.54, 1.807) is 11.3 Å². The Balaban J connectivity index is 2.13. The van der Waals surface area contributed by atoms with E-state index in [1.165, 1.54) is 4.88 Å². The molecule has 3 nitrogen and oxygen atoms in total. The van der Waals surface area contributed by atoms with Crippen LogP contribution in [0, 0.1) is 0 Å². The summed E-state index contributed by atoms with van der Waals surface area (Å²) < 4.78 is 3.31. The molecule has 0 unspecified atom stereocenters. The minimum absolute atomic E-state index is 0.805. The number of rotatable bonds is 4. The molecule has 2 aromatic heterocycles. The molecule has 0 aliphatic heterocycles. The van der Waals surface area contributed by atoms with Crippen LogP contribution in [0.3, 0.4) is 0 Å². The van der Waals surface area contributed by atoms with Crippen molar-refractivity contribution in [1.82, 2.24) is 14.9 Å². The predicted molar refractivity (Wildman–Crippen MR) is 66.1 cm³/mol. The van der Waals surface area contributed by atoms with E-state index in [4.69, 9.17) is 0 Å². The molecule has 2 aromatic rings. The van der Waals surface area contributed by atoms with Crippen LogP contribution in [0.1, 0.15) is 10.7 Å². The molecule has 5 heteroatoms. The first-order chi connectivity index (χ1) is 7.29. The third-order valence-corrected chi connectivity index (χ3v) is 3.77. The summed E-state index contributed by atoms with van der Waals surface area (Å²) in [7, 11) is 1.93. The molecule has 80 valence electrons. The molecule has 0 amide bonds. The number of hydrogen-bond acceptors (Lipinski definition) is 3. The Morgan fingerprint density at radius 1 is 1.60 bits per heavy atom. The van der Waals surface area contributed by atoms with Gasteiger partial charge in [-0.3, -0.25) is 0 Å². The van der Waals surface area contributed by atoms with Gasteiger partial charge in [0.05, 0.1) is 13.1 Å². The maximum Gasteiger partial charge on any atom is 0.122 e. The summed E-state index contributed by atoms with van der Waals surface area (Å²) in [5.74, 6) is 1.07. The van der Waals surface area contributed by atoms with Crippen molar-refractivity contribution in [2.75, 3.05) is 7.05 Å². The highest BCUT2D eigenvalue weighted by Crippen LogP contribution is 2.20. The van der Waals surface area contributed by atoms with E-state index >= 15 is 0 Å². The molecule has 1 N–H and O–H groups in total. The van der Waals surface area contributed by atoms with Gasteiger partial charge in [0.25, 0.3) is 0 Å². The number of halogens is 1. The van der Waals surface area contributed by atoms with Gasteiger partial charge >= 0.3 is 0 Å². The van der Waals surface area contributed by atoms with E-state index in [9.17, 15) is 0 Å². The summed E-state index contributed by atoms with van der Waals surface area (Å²) in [6, 6.07) is 2.15. The molecule has 2 heterocycles. The van der Waals surface area contributed by atoms with Gasteiger partial charge in [-0.05, 0) is 29.0 Å². The first kappa shape index (κ1) is 10.9. The van der Waals surface area contributed by atoms with Crippen LogP contribution in [-0.2, 0) is 13.1 Å². The van der Waals surface area contributed by atoms with Crippen molar-refractivity contribution in [3.63, 3.8) is 0 Å². The lowest BCUT2D eigenvalue weighted by Gasteiger charge is -2.05. The van der Waals surface area contributed by atoms with Crippen LogP contribution in [0.4, 0.5) is 0 Å². The van der Waals surface area contributed by atoms with E-state index in [1.807, 2.05) is 19.4 Å². The van der Waals surface area contributed by atoms with Crippen LogP contribution in [0.2, 0.25) is 0 Å². The standard InChI is InChI=1S/C10H12BrN3S/c1-12-5-10-13-2-3-14(10)6-9-4-8(11)7-15-9/h2-4,7,12H,5-6H2,1H3. The van der Waals surface area contributed by atoms with Crippen molar-refractivity contribution in [3.8, 4) is 0 Å².